The van der Waals surface area contributed by atoms with E-state index in [1.54, 1.807) is 25.6 Å². The molecular weight excluding hydrogens is 252 g/mol. The number of amides is 1. The minimum atomic E-state index is -0.918. The van der Waals surface area contributed by atoms with Gasteiger partial charge in [0.2, 0.25) is 5.91 Å². The molecule has 2 unspecified atom stereocenters. The molecule has 1 heterocycles. The first-order valence-electron chi connectivity index (χ1n) is 6.27. The van der Waals surface area contributed by atoms with Crippen molar-refractivity contribution in [2.75, 3.05) is 12.3 Å². The van der Waals surface area contributed by atoms with E-state index >= 15 is 0 Å². The molecule has 0 aromatic heterocycles. The zero-order chi connectivity index (χ0) is 13.9. The summed E-state index contributed by atoms with van der Waals surface area (Å²) in [5.41, 5.74) is -0.721. The van der Waals surface area contributed by atoms with E-state index < -0.39 is 17.6 Å². The normalized spacial score (nSPS) is 24.3. The quantitative estimate of drug-likeness (QED) is 0.787. The van der Waals surface area contributed by atoms with E-state index in [2.05, 4.69) is 5.32 Å². The third kappa shape index (κ3) is 2.98. The van der Waals surface area contributed by atoms with E-state index in [1.807, 2.05) is 13.8 Å². The number of rotatable bonds is 5. The van der Waals surface area contributed by atoms with Crippen LogP contribution in [0.25, 0.3) is 0 Å². The third-order valence-corrected chi connectivity index (χ3v) is 4.57. The standard InChI is InChI=1S/C12H22N2O3S/c1-5-9-14(8(7-18-9)10(15)16)11(17)12(3,4)13-6-2/h8-9,13H,5-7H2,1-4H3,(H,15,16). The molecule has 6 heteroatoms. The van der Waals surface area contributed by atoms with Crippen molar-refractivity contribution < 1.29 is 14.7 Å². The maximum absolute atomic E-state index is 12.5. The zero-order valence-corrected chi connectivity index (χ0v) is 12.2. The van der Waals surface area contributed by atoms with Gasteiger partial charge >= 0.3 is 5.97 Å². The van der Waals surface area contributed by atoms with Gasteiger partial charge in [0.25, 0.3) is 0 Å². The molecular formula is C12H22N2O3S. The molecule has 0 saturated carbocycles. The smallest absolute Gasteiger partial charge is 0.327 e. The number of carboxylic acid groups (broad SMARTS) is 1. The summed E-state index contributed by atoms with van der Waals surface area (Å²) in [6, 6.07) is -0.703. The monoisotopic (exact) mass is 274 g/mol. The summed E-state index contributed by atoms with van der Waals surface area (Å²) in [6.07, 6.45) is 0.766. The lowest BCUT2D eigenvalue weighted by molar-refractivity contribution is -0.151. The Morgan fingerprint density at radius 2 is 2.06 bits per heavy atom. The van der Waals surface area contributed by atoms with Gasteiger partial charge in [0.05, 0.1) is 10.9 Å². The van der Waals surface area contributed by atoms with E-state index in [-0.39, 0.29) is 11.3 Å². The first-order chi connectivity index (χ1) is 8.35. The number of aliphatic carboxylic acids is 1. The van der Waals surface area contributed by atoms with E-state index in [4.69, 9.17) is 0 Å². The van der Waals surface area contributed by atoms with Crippen LogP contribution in [0.2, 0.25) is 0 Å². The number of thioether (sulfide) groups is 1. The Hall–Kier alpha value is -0.750. The molecule has 1 aliphatic rings. The number of nitrogens with one attached hydrogen (secondary N) is 1. The van der Waals surface area contributed by atoms with Crippen LogP contribution in [0.4, 0.5) is 0 Å². The van der Waals surface area contributed by atoms with Crippen LogP contribution in [0.15, 0.2) is 0 Å². The number of carboxylic acids is 1. The largest absolute Gasteiger partial charge is 0.480 e. The summed E-state index contributed by atoms with van der Waals surface area (Å²) in [5.74, 6) is -0.574. The van der Waals surface area contributed by atoms with Crippen LogP contribution in [0.3, 0.4) is 0 Å². The van der Waals surface area contributed by atoms with Crippen molar-refractivity contribution in [2.45, 2.75) is 51.1 Å². The SMILES string of the molecule is CCNC(C)(C)C(=O)N1C(CC)SCC1C(=O)O. The fraction of sp³-hybridized carbons (Fsp3) is 0.833. The second-order valence-electron chi connectivity index (χ2n) is 4.92. The molecule has 18 heavy (non-hydrogen) atoms. The molecule has 0 radical (unpaired) electrons. The van der Waals surface area contributed by atoms with Gasteiger partial charge in [-0.15, -0.1) is 11.8 Å². The number of likely N-dealkylation sites (N-methyl/N-ethyl adjacent to an activating group) is 1. The molecule has 104 valence electrons. The van der Waals surface area contributed by atoms with Gasteiger partial charge in [0.15, 0.2) is 0 Å². The van der Waals surface area contributed by atoms with Crippen LogP contribution in [0.1, 0.15) is 34.1 Å². The molecule has 2 atom stereocenters. The Labute approximate surface area is 112 Å². The van der Waals surface area contributed by atoms with Gasteiger partial charge in [-0.3, -0.25) is 4.79 Å². The molecule has 1 saturated heterocycles. The van der Waals surface area contributed by atoms with Gasteiger partial charge in [0.1, 0.15) is 6.04 Å². The van der Waals surface area contributed by atoms with Gasteiger partial charge in [0, 0.05) is 5.75 Å². The second kappa shape index (κ2) is 5.93. The fourth-order valence-electron chi connectivity index (χ4n) is 2.18. The average Bonchev–Trinajstić information content (AvgIpc) is 2.71. The van der Waals surface area contributed by atoms with Gasteiger partial charge in [-0.1, -0.05) is 13.8 Å². The molecule has 0 bridgehead atoms. The lowest BCUT2D eigenvalue weighted by Crippen LogP contribution is -2.58. The van der Waals surface area contributed by atoms with Gasteiger partial charge in [-0.25, -0.2) is 4.79 Å². The van der Waals surface area contributed by atoms with Crippen LogP contribution in [-0.2, 0) is 9.59 Å². The molecule has 1 aliphatic heterocycles. The van der Waals surface area contributed by atoms with Crippen LogP contribution >= 0.6 is 11.8 Å². The predicted octanol–water partition coefficient (Wildman–Crippen LogP) is 1.14. The number of carbonyl (C=O) groups is 2. The Bertz CT molecular complexity index is 333. The molecule has 0 aromatic rings. The first-order valence-corrected chi connectivity index (χ1v) is 7.32. The van der Waals surface area contributed by atoms with Crippen LogP contribution in [0, 0.1) is 0 Å². The Morgan fingerprint density at radius 1 is 1.44 bits per heavy atom. The molecule has 1 rings (SSSR count). The van der Waals surface area contributed by atoms with E-state index in [0.717, 1.165) is 6.42 Å². The van der Waals surface area contributed by atoms with Crippen molar-refractivity contribution >= 4 is 23.6 Å². The molecule has 1 amide bonds. The summed E-state index contributed by atoms with van der Waals surface area (Å²) in [6.45, 7) is 8.18. The predicted molar refractivity (Wildman–Crippen MR) is 72.6 cm³/mol. The molecule has 2 N–H and O–H groups in total. The lowest BCUT2D eigenvalue weighted by atomic mass is 10.0. The lowest BCUT2D eigenvalue weighted by Gasteiger charge is -2.35. The zero-order valence-electron chi connectivity index (χ0n) is 11.4. The highest BCUT2D eigenvalue weighted by atomic mass is 32.2. The summed E-state index contributed by atoms with van der Waals surface area (Å²) < 4.78 is 0. The maximum atomic E-state index is 12.5. The van der Waals surface area contributed by atoms with Gasteiger partial charge in [-0.2, -0.15) is 0 Å². The van der Waals surface area contributed by atoms with E-state index in [9.17, 15) is 14.7 Å². The number of hydrogen-bond acceptors (Lipinski definition) is 4. The first kappa shape index (κ1) is 15.3. The van der Waals surface area contributed by atoms with Crippen LogP contribution < -0.4 is 5.32 Å². The Balaban J connectivity index is 2.94. The minimum Gasteiger partial charge on any atom is -0.480 e. The number of hydrogen-bond donors (Lipinski definition) is 2. The van der Waals surface area contributed by atoms with Crippen molar-refractivity contribution in [1.82, 2.24) is 10.2 Å². The van der Waals surface area contributed by atoms with Gasteiger partial charge < -0.3 is 15.3 Å². The highest BCUT2D eigenvalue weighted by molar-refractivity contribution is 8.00. The average molecular weight is 274 g/mol. The minimum absolute atomic E-state index is 0.0310. The Kier molecular flexibility index (Phi) is 5.04. The summed E-state index contributed by atoms with van der Waals surface area (Å²) in [7, 11) is 0. The van der Waals surface area contributed by atoms with Crippen LogP contribution in [0.5, 0.6) is 0 Å². The summed E-state index contributed by atoms with van der Waals surface area (Å²) >= 11 is 1.55. The third-order valence-electron chi connectivity index (χ3n) is 3.11. The Morgan fingerprint density at radius 3 is 2.50 bits per heavy atom. The van der Waals surface area contributed by atoms with E-state index in [1.165, 1.54) is 4.90 Å². The fourth-order valence-corrected chi connectivity index (χ4v) is 3.53. The van der Waals surface area contributed by atoms with Crippen molar-refractivity contribution in [3.8, 4) is 0 Å². The van der Waals surface area contributed by atoms with E-state index in [0.29, 0.717) is 12.3 Å². The maximum Gasteiger partial charge on any atom is 0.327 e. The summed E-state index contributed by atoms with van der Waals surface area (Å²) in [5, 5.41) is 12.3. The van der Waals surface area contributed by atoms with Crippen molar-refractivity contribution in [2.24, 2.45) is 0 Å². The molecule has 0 aliphatic carbocycles. The van der Waals surface area contributed by atoms with Crippen LogP contribution in [-0.4, -0.2) is 51.1 Å². The van der Waals surface area contributed by atoms with Crippen molar-refractivity contribution in [3.63, 3.8) is 0 Å². The highest BCUT2D eigenvalue weighted by Crippen LogP contribution is 2.33. The van der Waals surface area contributed by atoms with Gasteiger partial charge in [-0.05, 0) is 26.8 Å². The number of nitrogens with zero attached hydrogens (tertiary/aromatic N) is 1. The van der Waals surface area contributed by atoms with Crippen molar-refractivity contribution in [1.29, 1.82) is 0 Å². The molecule has 0 aromatic carbocycles. The second-order valence-corrected chi connectivity index (χ2v) is 6.13. The summed E-state index contributed by atoms with van der Waals surface area (Å²) in [4.78, 5) is 25.3. The van der Waals surface area contributed by atoms with Crippen molar-refractivity contribution in [3.05, 3.63) is 0 Å². The number of carbonyl (C=O) groups excluding carboxylic acids is 1. The topological polar surface area (TPSA) is 69.6 Å². The molecule has 5 nitrogen and oxygen atoms in total. The highest BCUT2D eigenvalue weighted by Gasteiger charge is 2.45. The molecule has 0 spiro atoms. The molecule has 1 fully saturated rings.